The molecular weight excluding hydrogens is 192 g/mol. The van der Waals surface area contributed by atoms with Crippen molar-refractivity contribution in [2.24, 2.45) is 0 Å². The van der Waals surface area contributed by atoms with Gasteiger partial charge >= 0.3 is 0 Å². The van der Waals surface area contributed by atoms with Crippen LogP contribution in [0.5, 0.6) is 5.75 Å². The van der Waals surface area contributed by atoms with Crippen LogP contribution in [0.15, 0.2) is 24.3 Å². The number of aliphatic carboxylic acids is 1. The van der Waals surface area contributed by atoms with Gasteiger partial charge in [0, 0.05) is 5.97 Å². The second-order valence-corrected chi connectivity index (χ2v) is 3.37. The number of benzene rings is 1. The van der Waals surface area contributed by atoms with Gasteiger partial charge in [-0.05, 0) is 37.0 Å². The fraction of sp³-hybridized carbons (Fsp3) is 0.417. The van der Waals surface area contributed by atoms with E-state index in [9.17, 15) is 9.90 Å². The van der Waals surface area contributed by atoms with Gasteiger partial charge in [0.05, 0.1) is 6.61 Å². The highest BCUT2D eigenvalue weighted by molar-refractivity contribution is 5.64. The molecule has 0 radical (unpaired) electrons. The lowest BCUT2D eigenvalue weighted by Crippen LogP contribution is -2.22. The summed E-state index contributed by atoms with van der Waals surface area (Å²) >= 11 is 0. The largest absolute Gasteiger partial charge is 0.550 e. The van der Waals surface area contributed by atoms with Crippen LogP contribution in [-0.4, -0.2) is 12.6 Å². The Bertz CT molecular complexity index is 320. The van der Waals surface area contributed by atoms with E-state index >= 15 is 0 Å². The quantitative estimate of drug-likeness (QED) is 0.703. The molecule has 1 aromatic rings. The van der Waals surface area contributed by atoms with Crippen molar-refractivity contribution in [3.63, 3.8) is 0 Å². The number of hydrogen-bond acceptors (Lipinski definition) is 3. The van der Waals surface area contributed by atoms with Gasteiger partial charge in [0.15, 0.2) is 0 Å². The zero-order valence-corrected chi connectivity index (χ0v) is 8.86. The van der Waals surface area contributed by atoms with Gasteiger partial charge in [-0.2, -0.15) is 0 Å². The van der Waals surface area contributed by atoms with E-state index in [4.69, 9.17) is 4.74 Å². The van der Waals surface area contributed by atoms with E-state index in [1.165, 1.54) is 0 Å². The van der Waals surface area contributed by atoms with Gasteiger partial charge in [-0.1, -0.05) is 19.1 Å². The first-order valence-corrected chi connectivity index (χ1v) is 5.14. The molecular formula is C12H15O3-. The molecule has 0 saturated carbocycles. The topological polar surface area (TPSA) is 49.4 Å². The van der Waals surface area contributed by atoms with Gasteiger partial charge < -0.3 is 14.6 Å². The highest BCUT2D eigenvalue weighted by Gasteiger charge is 1.97. The smallest absolute Gasteiger partial charge is 0.119 e. The van der Waals surface area contributed by atoms with Crippen LogP contribution >= 0.6 is 0 Å². The Morgan fingerprint density at radius 2 is 2.27 bits per heavy atom. The molecule has 1 rings (SSSR count). The second-order valence-electron chi connectivity index (χ2n) is 3.37. The molecule has 82 valence electrons. The van der Waals surface area contributed by atoms with Crippen LogP contribution in [-0.2, 0) is 11.2 Å². The van der Waals surface area contributed by atoms with Crippen molar-refractivity contribution in [3.05, 3.63) is 29.8 Å². The third-order valence-corrected chi connectivity index (χ3v) is 1.99. The average Bonchev–Trinajstić information content (AvgIpc) is 2.24. The number of carbonyl (C=O) groups is 1. The summed E-state index contributed by atoms with van der Waals surface area (Å²) in [5.41, 5.74) is 0.966. The standard InChI is InChI=1S/C12H16O3/c1-2-8-15-11-5-3-4-10(9-11)6-7-12(13)14/h3-5,9H,2,6-8H2,1H3,(H,13,14)/p-1. The normalized spacial score (nSPS) is 9.93. The van der Waals surface area contributed by atoms with Crippen LogP contribution in [0.2, 0.25) is 0 Å². The van der Waals surface area contributed by atoms with Gasteiger partial charge in [0.25, 0.3) is 0 Å². The van der Waals surface area contributed by atoms with Gasteiger partial charge in [-0.25, -0.2) is 0 Å². The second kappa shape index (κ2) is 6.06. The summed E-state index contributed by atoms with van der Waals surface area (Å²) in [6, 6.07) is 7.51. The molecule has 0 atom stereocenters. The Morgan fingerprint density at radius 1 is 1.47 bits per heavy atom. The van der Waals surface area contributed by atoms with E-state index in [2.05, 4.69) is 0 Å². The molecule has 3 heteroatoms. The summed E-state index contributed by atoms with van der Waals surface area (Å²) in [5.74, 6) is -0.220. The summed E-state index contributed by atoms with van der Waals surface area (Å²) < 4.78 is 5.44. The zero-order valence-electron chi connectivity index (χ0n) is 8.86. The Morgan fingerprint density at radius 3 is 2.93 bits per heavy atom. The van der Waals surface area contributed by atoms with Crippen molar-refractivity contribution in [1.82, 2.24) is 0 Å². The van der Waals surface area contributed by atoms with E-state index in [0.29, 0.717) is 13.0 Å². The Kier molecular flexibility index (Phi) is 4.68. The molecule has 15 heavy (non-hydrogen) atoms. The molecule has 0 aliphatic rings. The number of aryl methyl sites for hydroxylation is 1. The van der Waals surface area contributed by atoms with Crippen molar-refractivity contribution in [2.45, 2.75) is 26.2 Å². The van der Waals surface area contributed by atoms with Gasteiger partial charge in [-0.3, -0.25) is 0 Å². The minimum atomic E-state index is -1.02. The highest BCUT2D eigenvalue weighted by Crippen LogP contribution is 2.14. The molecule has 0 saturated heterocycles. The minimum absolute atomic E-state index is 0.0528. The molecule has 0 aromatic heterocycles. The van der Waals surface area contributed by atoms with Crippen LogP contribution in [0.3, 0.4) is 0 Å². The van der Waals surface area contributed by atoms with Gasteiger partial charge in [-0.15, -0.1) is 0 Å². The van der Waals surface area contributed by atoms with E-state index in [0.717, 1.165) is 17.7 Å². The predicted octanol–water partition coefficient (Wildman–Crippen LogP) is 1.16. The highest BCUT2D eigenvalue weighted by atomic mass is 16.5. The molecule has 0 fully saturated rings. The average molecular weight is 207 g/mol. The number of carbonyl (C=O) groups excluding carboxylic acids is 1. The molecule has 0 unspecified atom stereocenters. The lowest BCUT2D eigenvalue weighted by Gasteiger charge is -2.07. The van der Waals surface area contributed by atoms with E-state index in [1.54, 1.807) is 0 Å². The fourth-order valence-corrected chi connectivity index (χ4v) is 1.26. The number of carboxylic acid groups (broad SMARTS) is 1. The molecule has 0 spiro atoms. The number of ether oxygens (including phenoxy) is 1. The summed E-state index contributed by atoms with van der Waals surface area (Å²) in [6.45, 7) is 2.73. The number of hydrogen-bond donors (Lipinski definition) is 0. The van der Waals surface area contributed by atoms with Crippen LogP contribution in [0.1, 0.15) is 25.3 Å². The molecule has 0 amide bonds. The molecule has 0 bridgehead atoms. The molecule has 1 aromatic carbocycles. The van der Waals surface area contributed by atoms with E-state index in [1.807, 2.05) is 31.2 Å². The third kappa shape index (κ3) is 4.49. The summed E-state index contributed by atoms with van der Waals surface area (Å²) in [6.07, 6.45) is 1.51. The summed E-state index contributed by atoms with van der Waals surface area (Å²) in [5, 5.41) is 10.3. The van der Waals surface area contributed by atoms with Crippen LogP contribution in [0.4, 0.5) is 0 Å². The molecule has 0 heterocycles. The molecule has 0 aliphatic carbocycles. The monoisotopic (exact) mass is 207 g/mol. The first-order chi connectivity index (χ1) is 7.22. The third-order valence-electron chi connectivity index (χ3n) is 1.99. The lowest BCUT2D eigenvalue weighted by molar-refractivity contribution is -0.305. The summed E-state index contributed by atoms with van der Waals surface area (Å²) in [4.78, 5) is 10.3. The fourth-order valence-electron chi connectivity index (χ4n) is 1.26. The lowest BCUT2D eigenvalue weighted by atomic mass is 10.1. The Hall–Kier alpha value is -1.51. The SMILES string of the molecule is CCCOc1cccc(CCC(=O)[O-])c1. The van der Waals surface area contributed by atoms with Gasteiger partial charge in [0.1, 0.15) is 5.75 Å². The maximum atomic E-state index is 10.3. The van der Waals surface area contributed by atoms with E-state index < -0.39 is 5.97 Å². The number of rotatable bonds is 6. The molecule has 0 N–H and O–H groups in total. The number of carboxylic acids is 1. The van der Waals surface area contributed by atoms with Crippen LogP contribution in [0, 0.1) is 0 Å². The van der Waals surface area contributed by atoms with E-state index in [-0.39, 0.29) is 6.42 Å². The van der Waals surface area contributed by atoms with Crippen molar-refractivity contribution in [2.75, 3.05) is 6.61 Å². The first-order valence-electron chi connectivity index (χ1n) is 5.14. The van der Waals surface area contributed by atoms with Crippen LogP contribution in [0.25, 0.3) is 0 Å². The van der Waals surface area contributed by atoms with Crippen molar-refractivity contribution < 1.29 is 14.6 Å². The van der Waals surface area contributed by atoms with Crippen LogP contribution < -0.4 is 9.84 Å². The van der Waals surface area contributed by atoms with Crippen molar-refractivity contribution >= 4 is 5.97 Å². The molecule has 3 nitrogen and oxygen atoms in total. The maximum absolute atomic E-state index is 10.3. The first kappa shape index (κ1) is 11.6. The van der Waals surface area contributed by atoms with Crippen molar-refractivity contribution in [1.29, 1.82) is 0 Å². The predicted molar refractivity (Wildman–Crippen MR) is 55.6 cm³/mol. The van der Waals surface area contributed by atoms with Gasteiger partial charge in [0.2, 0.25) is 0 Å². The maximum Gasteiger partial charge on any atom is 0.119 e. The van der Waals surface area contributed by atoms with Crippen molar-refractivity contribution in [3.8, 4) is 5.75 Å². The Labute approximate surface area is 89.7 Å². The summed E-state index contributed by atoms with van der Waals surface area (Å²) in [7, 11) is 0. The molecule has 0 aliphatic heterocycles. The zero-order chi connectivity index (χ0) is 11.1. The minimum Gasteiger partial charge on any atom is -0.550 e. The Balaban J connectivity index is 2.53.